The summed E-state index contributed by atoms with van der Waals surface area (Å²) < 4.78 is 19.1. The van der Waals surface area contributed by atoms with Crippen LogP contribution in [0.15, 0.2) is 18.2 Å². The predicted octanol–water partition coefficient (Wildman–Crippen LogP) is 2.11. The van der Waals surface area contributed by atoms with Crippen LogP contribution in [0.25, 0.3) is 0 Å². The number of piperidine rings is 1. The summed E-state index contributed by atoms with van der Waals surface area (Å²) in [5.74, 6) is -0.433. The highest BCUT2D eigenvalue weighted by Gasteiger charge is 2.19. The Kier molecular flexibility index (Phi) is 5.09. The zero-order valence-electron chi connectivity index (χ0n) is 11.9. The zero-order chi connectivity index (χ0) is 14.5. The van der Waals surface area contributed by atoms with Gasteiger partial charge in [0.05, 0.1) is 6.10 Å². The van der Waals surface area contributed by atoms with Crippen molar-refractivity contribution in [2.45, 2.75) is 32.4 Å². The second-order valence-corrected chi connectivity index (χ2v) is 5.19. The Morgan fingerprint density at radius 2 is 2.10 bits per heavy atom. The third-order valence-corrected chi connectivity index (χ3v) is 3.61. The molecule has 1 aromatic carbocycles. The second-order valence-electron chi connectivity index (χ2n) is 5.19. The molecule has 0 saturated carbocycles. The maximum atomic E-state index is 13.5. The van der Waals surface area contributed by atoms with Gasteiger partial charge in [0.1, 0.15) is 11.7 Å². The smallest absolute Gasteiger partial charge is 0.124 e. The number of hydrogen-bond acceptors (Lipinski definition) is 3. The molecule has 0 atom stereocenters. The van der Waals surface area contributed by atoms with E-state index in [2.05, 4.69) is 4.90 Å². The van der Waals surface area contributed by atoms with Crippen molar-refractivity contribution < 1.29 is 9.13 Å². The lowest BCUT2D eigenvalue weighted by molar-refractivity contribution is 0.0125. The van der Waals surface area contributed by atoms with Crippen molar-refractivity contribution in [3.8, 4) is 0 Å². The first-order valence-electron chi connectivity index (χ1n) is 7.06. The van der Waals surface area contributed by atoms with Gasteiger partial charge in [-0.2, -0.15) is 0 Å². The summed E-state index contributed by atoms with van der Waals surface area (Å²) in [6.45, 7) is 5.38. The molecule has 0 amide bonds. The van der Waals surface area contributed by atoms with Crippen molar-refractivity contribution in [1.82, 2.24) is 4.90 Å². The fourth-order valence-electron chi connectivity index (χ4n) is 2.63. The van der Waals surface area contributed by atoms with Gasteiger partial charge in [-0.15, -0.1) is 0 Å². The highest BCUT2D eigenvalue weighted by Crippen LogP contribution is 2.17. The molecule has 0 bridgehead atoms. The zero-order valence-corrected chi connectivity index (χ0v) is 11.9. The number of ether oxygens (including phenoxy) is 1. The van der Waals surface area contributed by atoms with Crippen LogP contribution in [-0.4, -0.2) is 36.5 Å². The molecule has 2 rings (SSSR count). The molecule has 1 aromatic rings. The average Bonchev–Trinajstić information content (AvgIpc) is 2.40. The van der Waals surface area contributed by atoms with Gasteiger partial charge in [-0.1, -0.05) is 0 Å². The molecular formula is C15H22FN3O. The number of nitrogens with one attached hydrogen (secondary N) is 1. The molecule has 1 aliphatic rings. The maximum absolute atomic E-state index is 13.5. The van der Waals surface area contributed by atoms with Crippen molar-refractivity contribution >= 4 is 5.84 Å². The first-order chi connectivity index (χ1) is 9.58. The minimum Gasteiger partial charge on any atom is -0.384 e. The number of nitrogen functional groups attached to an aromatic ring is 1. The van der Waals surface area contributed by atoms with Crippen LogP contribution in [0.5, 0.6) is 0 Å². The number of rotatable bonds is 5. The molecule has 4 nitrogen and oxygen atoms in total. The summed E-state index contributed by atoms with van der Waals surface area (Å²) in [5, 5.41) is 7.40. The molecule has 0 aromatic heterocycles. The molecule has 3 N–H and O–H groups in total. The number of nitrogens with two attached hydrogens (primary N) is 1. The number of hydrogen-bond donors (Lipinski definition) is 2. The molecule has 5 heteroatoms. The molecule has 0 spiro atoms. The highest BCUT2D eigenvalue weighted by atomic mass is 19.1. The van der Waals surface area contributed by atoms with Crippen LogP contribution in [0.2, 0.25) is 0 Å². The molecular weight excluding hydrogens is 257 g/mol. The fraction of sp³-hybridized carbons (Fsp3) is 0.533. The molecule has 1 saturated heterocycles. The summed E-state index contributed by atoms with van der Waals surface area (Å²) in [6, 6.07) is 4.61. The minimum atomic E-state index is -0.336. The lowest BCUT2D eigenvalue weighted by Crippen LogP contribution is -2.36. The van der Waals surface area contributed by atoms with Crippen LogP contribution in [0.3, 0.4) is 0 Å². The van der Waals surface area contributed by atoms with Gasteiger partial charge in [-0.05, 0) is 43.5 Å². The highest BCUT2D eigenvalue weighted by molar-refractivity contribution is 5.95. The molecule has 1 aliphatic heterocycles. The van der Waals surface area contributed by atoms with E-state index in [0.717, 1.165) is 38.1 Å². The SMILES string of the molecule is CCOC1CCN(Cc2cc(F)cc(C(=N)N)c2)CC1. The average molecular weight is 279 g/mol. The van der Waals surface area contributed by atoms with Crippen LogP contribution in [-0.2, 0) is 11.3 Å². The van der Waals surface area contributed by atoms with Crippen LogP contribution in [0, 0.1) is 11.2 Å². The van der Waals surface area contributed by atoms with Gasteiger partial charge in [0, 0.05) is 31.8 Å². The largest absolute Gasteiger partial charge is 0.384 e. The summed E-state index contributed by atoms with van der Waals surface area (Å²) in [7, 11) is 0. The summed E-state index contributed by atoms with van der Waals surface area (Å²) in [6.07, 6.45) is 2.39. The quantitative estimate of drug-likeness (QED) is 0.641. The van der Waals surface area contributed by atoms with E-state index in [0.29, 0.717) is 18.2 Å². The summed E-state index contributed by atoms with van der Waals surface area (Å²) in [5.41, 5.74) is 6.74. The van der Waals surface area contributed by atoms with Gasteiger partial charge in [0.15, 0.2) is 0 Å². The molecule has 1 fully saturated rings. The van der Waals surface area contributed by atoms with Crippen LogP contribution < -0.4 is 5.73 Å². The Morgan fingerprint density at radius 3 is 2.70 bits per heavy atom. The first-order valence-corrected chi connectivity index (χ1v) is 7.06. The molecule has 1 heterocycles. The molecule has 20 heavy (non-hydrogen) atoms. The third-order valence-electron chi connectivity index (χ3n) is 3.61. The van der Waals surface area contributed by atoms with E-state index >= 15 is 0 Å². The Morgan fingerprint density at radius 1 is 1.40 bits per heavy atom. The van der Waals surface area contributed by atoms with Crippen LogP contribution in [0.1, 0.15) is 30.9 Å². The summed E-state index contributed by atoms with van der Waals surface area (Å²) in [4.78, 5) is 2.29. The summed E-state index contributed by atoms with van der Waals surface area (Å²) >= 11 is 0. The van der Waals surface area contributed by atoms with Gasteiger partial charge in [0.2, 0.25) is 0 Å². The van der Waals surface area contributed by atoms with Crippen molar-refractivity contribution in [2.75, 3.05) is 19.7 Å². The molecule has 0 unspecified atom stereocenters. The first kappa shape index (κ1) is 14.9. The van der Waals surface area contributed by atoms with E-state index in [1.807, 2.05) is 6.92 Å². The fourth-order valence-corrected chi connectivity index (χ4v) is 2.63. The lowest BCUT2D eigenvalue weighted by Gasteiger charge is -2.31. The minimum absolute atomic E-state index is 0.0965. The van der Waals surface area contributed by atoms with Crippen molar-refractivity contribution in [2.24, 2.45) is 5.73 Å². The Balaban J connectivity index is 1.96. The van der Waals surface area contributed by atoms with Gasteiger partial charge in [-0.25, -0.2) is 4.39 Å². The van der Waals surface area contributed by atoms with Crippen LogP contribution >= 0.6 is 0 Å². The molecule has 0 radical (unpaired) electrons. The Hall–Kier alpha value is -1.46. The van der Waals surface area contributed by atoms with E-state index in [1.54, 1.807) is 6.07 Å². The number of halogens is 1. The Labute approximate surface area is 119 Å². The van der Waals surface area contributed by atoms with Gasteiger partial charge in [-0.3, -0.25) is 10.3 Å². The monoisotopic (exact) mass is 279 g/mol. The van der Waals surface area contributed by atoms with E-state index in [4.69, 9.17) is 15.9 Å². The van der Waals surface area contributed by atoms with Crippen LogP contribution in [0.4, 0.5) is 4.39 Å². The van der Waals surface area contributed by atoms with Crippen molar-refractivity contribution in [3.05, 3.63) is 35.1 Å². The maximum Gasteiger partial charge on any atom is 0.124 e. The van der Waals surface area contributed by atoms with Crippen molar-refractivity contribution in [3.63, 3.8) is 0 Å². The van der Waals surface area contributed by atoms with Gasteiger partial charge < -0.3 is 10.5 Å². The second kappa shape index (κ2) is 6.81. The predicted molar refractivity (Wildman–Crippen MR) is 77.3 cm³/mol. The van der Waals surface area contributed by atoms with Gasteiger partial charge in [0.25, 0.3) is 0 Å². The topological polar surface area (TPSA) is 62.3 Å². The normalized spacial score (nSPS) is 17.3. The van der Waals surface area contributed by atoms with Crippen molar-refractivity contribution in [1.29, 1.82) is 5.41 Å². The van der Waals surface area contributed by atoms with E-state index in [-0.39, 0.29) is 11.7 Å². The third kappa shape index (κ3) is 4.02. The number of amidine groups is 1. The van der Waals surface area contributed by atoms with E-state index < -0.39 is 0 Å². The van der Waals surface area contributed by atoms with Gasteiger partial charge >= 0.3 is 0 Å². The molecule has 110 valence electrons. The standard InChI is InChI=1S/C15H22FN3O/c1-2-20-14-3-5-19(6-4-14)10-11-7-12(15(17)18)9-13(16)8-11/h7-9,14H,2-6,10H2,1H3,(H3,17,18). The number of benzene rings is 1. The number of nitrogens with zero attached hydrogens (tertiary/aromatic N) is 1. The number of likely N-dealkylation sites (tertiary alicyclic amines) is 1. The Bertz CT molecular complexity index is 470. The lowest BCUT2D eigenvalue weighted by atomic mass is 10.1. The molecule has 0 aliphatic carbocycles. The van der Waals surface area contributed by atoms with E-state index in [9.17, 15) is 4.39 Å². The van der Waals surface area contributed by atoms with E-state index in [1.165, 1.54) is 12.1 Å².